The number of rotatable bonds is 3. The Labute approximate surface area is 154 Å². The second kappa shape index (κ2) is 7.17. The van der Waals surface area contributed by atoms with Crippen LogP contribution in [0.3, 0.4) is 0 Å². The van der Waals surface area contributed by atoms with E-state index in [9.17, 15) is 9.59 Å². The van der Waals surface area contributed by atoms with Crippen molar-refractivity contribution in [1.82, 2.24) is 9.80 Å². The molecule has 0 spiro atoms. The van der Waals surface area contributed by atoms with Gasteiger partial charge in [0.05, 0.1) is 0 Å². The molecule has 25 heavy (non-hydrogen) atoms. The van der Waals surface area contributed by atoms with Crippen LogP contribution < -0.4 is 10.4 Å². The summed E-state index contributed by atoms with van der Waals surface area (Å²) in [6, 6.07) is 3.66. The van der Waals surface area contributed by atoms with Crippen molar-refractivity contribution in [3.63, 3.8) is 0 Å². The number of benzene rings is 1. The van der Waals surface area contributed by atoms with Crippen molar-refractivity contribution in [2.45, 2.75) is 13.8 Å². The van der Waals surface area contributed by atoms with Gasteiger partial charge in [-0.3, -0.25) is 4.79 Å². The summed E-state index contributed by atoms with van der Waals surface area (Å²) in [6.45, 7) is 6.86. The molecule has 7 heteroatoms. The molecule has 0 bridgehead atoms. The van der Waals surface area contributed by atoms with Crippen LogP contribution in [0, 0.1) is 13.8 Å². The number of hydrogen-bond donors (Lipinski definition) is 0. The Kier molecular flexibility index (Phi) is 5.15. The first-order valence-corrected chi connectivity index (χ1v) is 8.99. The minimum atomic E-state index is -0.418. The third-order valence-electron chi connectivity index (χ3n) is 4.67. The van der Waals surface area contributed by atoms with Gasteiger partial charge in [-0.05, 0) is 54.5 Å². The van der Waals surface area contributed by atoms with Gasteiger partial charge in [0.15, 0.2) is 6.61 Å². The lowest BCUT2D eigenvalue weighted by Crippen LogP contribution is -2.48. The van der Waals surface area contributed by atoms with Crippen LogP contribution in [-0.2, 0) is 4.79 Å². The Balaban J connectivity index is 1.78. The van der Waals surface area contributed by atoms with Crippen molar-refractivity contribution in [3.8, 4) is 5.75 Å². The smallest absolute Gasteiger partial charge is 0.350 e. The Morgan fingerprint density at radius 2 is 1.88 bits per heavy atom. The van der Waals surface area contributed by atoms with E-state index in [0.717, 1.165) is 42.7 Å². The number of halogens is 1. The van der Waals surface area contributed by atoms with Crippen molar-refractivity contribution in [2.75, 3.05) is 39.8 Å². The second-order valence-electron chi connectivity index (χ2n) is 6.37. The van der Waals surface area contributed by atoms with E-state index in [-0.39, 0.29) is 12.5 Å². The zero-order valence-electron chi connectivity index (χ0n) is 14.6. The zero-order chi connectivity index (χ0) is 18.1. The number of fused-ring (bicyclic) bond motifs is 1. The highest BCUT2D eigenvalue weighted by molar-refractivity contribution is 9.10. The maximum Gasteiger partial charge on any atom is 0.350 e. The van der Waals surface area contributed by atoms with Gasteiger partial charge < -0.3 is 19.0 Å². The summed E-state index contributed by atoms with van der Waals surface area (Å²) in [5.41, 5.74) is 1.62. The highest BCUT2D eigenvalue weighted by Crippen LogP contribution is 2.30. The molecule has 1 saturated heterocycles. The molecule has 1 amide bonds. The molecule has 0 aliphatic carbocycles. The molecule has 6 nitrogen and oxygen atoms in total. The SMILES string of the molecule is Cc1c(Br)c(=O)oc2c(C)c(OCC(=O)N3CCN(C)CC3)ccc12. The van der Waals surface area contributed by atoms with E-state index >= 15 is 0 Å². The third kappa shape index (κ3) is 3.57. The number of hydrogen-bond acceptors (Lipinski definition) is 5. The molecular weight excluding hydrogens is 388 g/mol. The van der Waals surface area contributed by atoms with Gasteiger partial charge in [-0.2, -0.15) is 0 Å². The van der Waals surface area contributed by atoms with Crippen LogP contribution in [0.15, 0.2) is 25.8 Å². The summed E-state index contributed by atoms with van der Waals surface area (Å²) < 4.78 is 11.5. The monoisotopic (exact) mass is 408 g/mol. The van der Waals surface area contributed by atoms with E-state index in [1.165, 1.54) is 0 Å². The normalized spacial score (nSPS) is 15.6. The molecule has 134 valence electrons. The summed E-state index contributed by atoms with van der Waals surface area (Å²) in [7, 11) is 2.05. The van der Waals surface area contributed by atoms with Gasteiger partial charge >= 0.3 is 5.63 Å². The van der Waals surface area contributed by atoms with Crippen LogP contribution >= 0.6 is 15.9 Å². The fraction of sp³-hybridized carbons (Fsp3) is 0.444. The number of likely N-dealkylation sites (N-methyl/N-ethyl adjacent to an activating group) is 1. The lowest BCUT2D eigenvalue weighted by molar-refractivity contribution is -0.134. The fourth-order valence-electron chi connectivity index (χ4n) is 2.95. The first-order valence-electron chi connectivity index (χ1n) is 8.20. The average molecular weight is 409 g/mol. The van der Waals surface area contributed by atoms with Gasteiger partial charge in [0.25, 0.3) is 5.91 Å². The second-order valence-corrected chi connectivity index (χ2v) is 7.16. The molecule has 2 aromatic rings. The van der Waals surface area contributed by atoms with Crippen LogP contribution in [0.2, 0.25) is 0 Å². The topological polar surface area (TPSA) is 63.0 Å². The van der Waals surface area contributed by atoms with Crippen LogP contribution in [0.5, 0.6) is 5.75 Å². The number of piperazine rings is 1. The van der Waals surface area contributed by atoms with Gasteiger partial charge in [-0.25, -0.2) is 4.79 Å². The largest absolute Gasteiger partial charge is 0.483 e. The molecule has 3 rings (SSSR count). The van der Waals surface area contributed by atoms with E-state index < -0.39 is 5.63 Å². The van der Waals surface area contributed by atoms with Gasteiger partial charge in [-0.15, -0.1) is 0 Å². The molecule has 1 aliphatic rings. The molecular formula is C18H21BrN2O4. The lowest BCUT2D eigenvalue weighted by Gasteiger charge is -2.32. The maximum absolute atomic E-state index is 12.3. The molecule has 0 N–H and O–H groups in total. The van der Waals surface area contributed by atoms with Crippen molar-refractivity contribution in [2.24, 2.45) is 0 Å². The van der Waals surface area contributed by atoms with Crippen molar-refractivity contribution in [3.05, 3.63) is 38.2 Å². The lowest BCUT2D eigenvalue weighted by atomic mass is 10.1. The summed E-state index contributed by atoms with van der Waals surface area (Å²) in [6.07, 6.45) is 0. The first-order chi connectivity index (χ1) is 11.9. The van der Waals surface area contributed by atoms with E-state index in [2.05, 4.69) is 20.8 Å². The van der Waals surface area contributed by atoms with Crippen molar-refractivity contribution in [1.29, 1.82) is 0 Å². The van der Waals surface area contributed by atoms with Gasteiger partial charge in [0.1, 0.15) is 15.8 Å². The standard InChI is InChI=1S/C18H21BrN2O4/c1-11-13-4-5-14(12(2)17(13)25-18(23)16(11)19)24-10-15(22)21-8-6-20(3)7-9-21/h4-5H,6-10H2,1-3H3. The van der Waals surface area contributed by atoms with E-state index in [4.69, 9.17) is 9.15 Å². The van der Waals surface area contributed by atoms with Crippen LogP contribution in [-0.4, -0.2) is 55.5 Å². The molecule has 0 unspecified atom stereocenters. The van der Waals surface area contributed by atoms with E-state index in [0.29, 0.717) is 15.8 Å². The predicted octanol–water partition coefficient (Wildman–Crippen LogP) is 2.33. The molecule has 2 heterocycles. The van der Waals surface area contributed by atoms with Gasteiger partial charge in [0, 0.05) is 37.1 Å². The first kappa shape index (κ1) is 17.9. The summed E-state index contributed by atoms with van der Waals surface area (Å²) in [5.74, 6) is 0.529. The van der Waals surface area contributed by atoms with Crippen LogP contribution in [0.1, 0.15) is 11.1 Å². The van der Waals surface area contributed by atoms with Crippen molar-refractivity contribution >= 4 is 32.8 Å². The van der Waals surface area contributed by atoms with Crippen LogP contribution in [0.25, 0.3) is 11.0 Å². The summed E-state index contributed by atoms with van der Waals surface area (Å²) >= 11 is 3.25. The van der Waals surface area contributed by atoms with E-state index in [1.807, 2.05) is 37.9 Å². The Morgan fingerprint density at radius 3 is 2.56 bits per heavy atom. The Bertz CT molecular complexity index is 869. The highest BCUT2D eigenvalue weighted by Gasteiger charge is 2.20. The minimum Gasteiger partial charge on any atom is -0.483 e. The number of aryl methyl sites for hydroxylation is 2. The number of carbonyl (C=O) groups is 1. The molecule has 1 fully saturated rings. The van der Waals surface area contributed by atoms with Gasteiger partial charge in [0.2, 0.25) is 0 Å². The zero-order valence-corrected chi connectivity index (χ0v) is 16.2. The highest BCUT2D eigenvalue weighted by atomic mass is 79.9. The number of carbonyl (C=O) groups excluding carboxylic acids is 1. The molecule has 1 aromatic heterocycles. The average Bonchev–Trinajstić information content (AvgIpc) is 2.60. The molecule has 0 radical (unpaired) electrons. The quantitative estimate of drug-likeness (QED) is 0.729. The maximum atomic E-state index is 12.3. The number of amides is 1. The summed E-state index contributed by atoms with van der Waals surface area (Å²) in [5, 5.41) is 0.849. The summed E-state index contributed by atoms with van der Waals surface area (Å²) in [4.78, 5) is 28.2. The molecule has 0 saturated carbocycles. The number of nitrogens with zero attached hydrogens (tertiary/aromatic N) is 2. The third-order valence-corrected chi connectivity index (χ3v) is 5.59. The van der Waals surface area contributed by atoms with Crippen LogP contribution in [0.4, 0.5) is 0 Å². The fourth-order valence-corrected chi connectivity index (χ4v) is 3.25. The predicted molar refractivity (Wildman–Crippen MR) is 99.2 cm³/mol. The molecule has 1 aromatic carbocycles. The Hall–Kier alpha value is -1.86. The molecule has 1 aliphatic heterocycles. The Morgan fingerprint density at radius 1 is 1.20 bits per heavy atom. The van der Waals surface area contributed by atoms with E-state index in [1.54, 1.807) is 0 Å². The minimum absolute atomic E-state index is 0.0181. The molecule has 0 atom stereocenters. The van der Waals surface area contributed by atoms with Crippen molar-refractivity contribution < 1.29 is 13.9 Å². The number of ether oxygens (including phenoxy) is 1. The van der Waals surface area contributed by atoms with Gasteiger partial charge in [-0.1, -0.05) is 0 Å².